The molecule has 2 heterocycles. The van der Waals surface area contributed by atoms with Crippen molar-refractivity contribution in [2.45, 2.75) is 51.9 Å². The van der Waals surface area contributed by atoms with Crippen LogP contribution in [0.25, 0.3) is 0 Å². The van der Waals surface area contributed by atoms with Gasteiger partial charge in [-0.1, -0.05) is 25.3 Å². The van der Waals surface area contributed by atoms with Crippen LogP contribution in [-0.4, -0.2) is 49.4 Å². The van der Waals surface area contributed by atoms with Crippen molar-refractivity contribution in [2.24, 2.45) is 11.3 Å². The van der Waals surface area contributed by atoms with Crippen LogP contribution in [0.5, 0.6) is 0 Å². The number of carbonyl (C=O) groups is 2. The summed E-state index contributed by atoms with van der Waals surface area (Å²) >= 11 is 0. The highest BCUT2D eigenvalue weighted by atomic mass is 16.2. The van der Waals surface area contributed by atoms with Gasteiger partial charge in [0, 0.05) is 17.9 Å². The number of benzene rings is 1. The molecule has 1 saturated carbocycles. The molecule has 0 aromatic heterocycles. The van der Waals surface area contributed by atoms with E-state index in [0.717, 1.165) is 62.4 Å². The van der Waals surface area contributed by atoms with Gasteiger partial charge in [-0.15, -0.1) is 0 Å². The molecule has 6 nitrogen and oxygen atoms in total. The molecular formula is C23H34N4O2. The highest BCUT2D eigenvalue weighted by Gasteiger charge is 2.49. The van der Waals surface area contributed by atoms with E-state index < -0.39 is 0 Å². The highest BCUT2D eigenvalue weighted by molar-refractivity contribution is 5.98. The number of piperidine rings is 1. The van der Waals surface area contributed by atoms with E-state index in [0.29, 0.717) is 12.5 Å². The van der Waals surface area contributed by atoms with E-state index >= 15 is 0 Å². The Morgan fingerprint density at radius 3 is 2.79 bits per heavy atom. The Kier molecular flexibility index (Phi) is 6.20. The van der Waals surface area contributed by atoms with Crippen molar-refractivity contribution < 1.29 is 9.59 Å². The molecule has 3 fully saturated rings. The predicted octanol–water partition coefficient (Wildman–Crippen LogP) is 3.14. The van der Waals surface area contributed by atoms with Crippen molar-refractivity contribution in [1.29, 1.82) is 0 Å². The van der Waals surface area contributed by atoms with Gasteiger partial charge in [-0.05, 0) is 75.9 Å². The van der Waals surface area contributed by atoms with Crippen molar-refractivity contribution in [2.75, 3.05) is 43.4 Å². The average Bonchev–Trinajstić information content (AvgIpc) is 3.17. The maximum absolute atomic E-state index is 13.2. The summed E-state index contributed by atoms with van der Waals surface area (Å²) in [6.07, 6.45) is 8.04. The van der Waals surface area contributed by atoms with Crippen LogP contribution in [0.3, 0.4) is 0 Å². The molecule has 3 aliphatic rings. The number of rotatable bonds is 5. The van der Waals surface area contributed by atoms with E-state index in [2.05, 4.69) is 20.9 Å². The van der Waals surface area contributed by atoms with E-state index in [4.69, 9.17) is 0 Å². The fourth-order valence-electron chi connectivity index (χ4n) is 5.29. The van der Waals surface area contributed by atoms with Crippen molar-refractivity contribution in [3.8, 4) is 0 Å². The quantitative estimate of drug-likeness (QED) is 0.712. The molecule has 2 aliphatic heterocycles. The third-order valence-electron chi connectivity index (χ3n) is 7.08. The topological polar surface area (TPSA) is 73.5 Å². The van der Waals surface area contributed by atoms with Crippen LogP contribution >= 0.6 is 0 Å². The number of carbonyl (C=O) groups excluding carboxylic acids is 2. The van der Waals surface area contributed by atoms with Crippen LogP contribution in [0.4, 0.5) is 11.4 Å². The predicted molar refractivity (Wildman–Crippen MR) is 116 cm³/mol. The monoisotopic (exact) mass is 398 g/mol. The van der Waals surface area contributed by atoms with Crippen molar-refractivity contribution >= 4 is 23.2 Å². The van der Waals surface area contributed by atoms with Gasteiger partial charge < -0.3 is 16.0 Å². The first-order chi connectivity index (χ1) is 14.1. The minimum atomic E-state index is -0.277. The number of amides is 2. The van der Waals surface area contributed by atoms with Gasteiger partial charge in [-0.2, -0.15) is 0 Å². The fraction of sp³-hybridized carbons (Fsp3) is 0.652. The first-order valence-corrected chi connectivity index (χ1v) is 11.2. The van der Waals surface area contributed by atoms with E-state index in [1.54, 1.807) is 0 Å². The lowest BCUT2D eigenvalue weighted by atomic mass is 9.67. The van der Waals surface area contributed by atoms with Gasteiger partial charge in [-0.25, -0.2) is 0 Å². The van der Waals surface area contributed by atoms with Gasteiger partial charge in [0.25, 0.3) is 0 Å². The lowest BCUT2D eigenvalue weighted by molar-refractivity contribution is -0.128. The molecule has 2 amide bonds. The Morgan fingerprint density at radius 1 is 1.14 bits per heavy atom. The molecule has 2 saturated heterocycles. The lowest BCUT2D eigenvalue weighted by Gasteiger charge is -2.37. The van der Waals surface area contributed by atoms with E-state index in [9.17, 15) is 9.59 Å². The highest BCUT2D eigenvalue weighted by Crippen LogP contribution is 2.44. The number of fused-ring (bicyclic) bond motifs is 1. The molecule has 158 valence electrons. The Morgan fingerprint density at radius 2 is 1.97 bits per heavy atom. The van der Waals surface area contributed by atoms with Crippen molar-refractivity contribution in [3.63, 3.8) is 0 Å². The van der Waals surface area contributed by atoms with Gasteiger partial charge in [-0.3, -0.25) is 14.5 Å². The van der Waals surface area contributed by atoms with E-state index in [-0.39, 0.29) is 17.2 Å². The van der Waals surface area contributed by atoms with Crippen molar-refractivity contribution in [1.82, 2.24) is 10.2 Å². The summed E-state index contributed by atoms with van der Waals surface area (Å²) in [7, 11) is 0. The van der Waals surface area contributed by atoms with Crippen molar-refractivity contribution in [3.05, 3.63) is 23.8 Å². The second kappa shape index (κ2) is 8.84. The zero-order chi connectivity index (χ0) is 20.3. The molecule has 1 aliphatic carbocycles. The summed E-state index contributed by atoms with van der Waals surface area (Å²) in [5.74, 6) is 0.580. The van der Waals surface area contributed by atoms with Gasteiger partial charge in [0.1, 0.15) is 0 Å². The molecule has 0 bridgehead atoms. The third-order valence-corrected chi connectivity index (χ3v) is 7.08. The van der Waals surface area contributed by atoms with Gasteiger partial charge in [0.05, 0.1) is 12.0 Å². The van der Waals surface area contributed by atoms with Gasteiger partial charge in [0.2, 0.25) is 11.8 Å². The lowest BCUT2D eigenvalue weighted by Crippen LogP contribution is -2.44. The second-order valence-electron chi connectivity index (χ2n) is 9.10. The third kappa shape index (κ3) is 4.48. The van der Waals surface area contributed by atoms with Crippen LogP contribution in [0.15, 0.2) is 18.2 Å². The first kappa shape index (κ1) is 20.4. The Bertz CT molecular complexity index is 759. The molecule has 2 atom stereocenters. The van der Waals surface area contributed by atoms with Crippen LogP contribution < -0.4 is 16.0 Å². The molecule has 1 aromatic carbocycles. The zero-order valence-electron chi connectivity index (χ0n) is 17.6. The maximum atomic E-state index is 13.2. The molecule has 3 N–H and O–H groups in total. The van der Waals surface area contributed by atoms with Crippen LogP contribution in [0.2, 0.25) is 0 Å². The number of likely N-dealkylation sites (tertiary alicyclic amines) is 1. The van der Waals surface area contributed by atoms with E-state index in [1.807, 2.05) is 25.1 Å². The summed E-state index contributed by atoms with van der Waals surface area (Å²) in [5, 5.41) is 9.64. The molecule has 1 aromatic rings. The van der Waals surface area contributed by atoms with Crippen LogP contribution in [0.1, 0.15) is 50.5 Å². The smallest absolute Gasteiger partial charge is 0.238 e. The van der Waals surface area contributed by atoms with Crippen LogP contribution in [0, 0.1) is 18.3 Å². The number of hydrogen-bond donors (Lipinski definition) is 3. The molecule has 29 heavy (non-hydrogen) atoms. The van der Waals surface area contributed by atoms with Gasteiger partial charge in [0.15, 0.2) is 0 Å². The largest absolute Gasteiger partial charge is 0.325 e. The Balaban J connectivity index is 1.41. The molecule has 0 unspecified atom stereocenters. The summed E-state index contributed by atoms with van der Waals surface area (Å²) in [6.45, 7) is 6.14. The zero-order valence-corrected chi connectivity index (χ0v) is 17.6. The number of aryl methyl sites for hydroxylation is 1. The molecule has 4 rings (SSSR count). The van der Waals surface area contributed by atoms with Gasteiger partial charge >= 0.3 is 0 Å². The molecule has 0 spiro atoms. The minimum Gasteiger partial charge on any atom is -0.325 e. The summed E-state index contributed by atoms with van der Waals surface area (Å²) in [4.78, 5) is 27.9. The first-order valence-electron chi connectivity index (χ1n) is 11.2. The Hall–Kier alpha value is -1.92. The fourth-order valence-corrected chi connectivity index (χ4v) is 5.29. The van der Waals surface area contributed by atoms with Crippen LogP contribution in [-0.2, 0) is 9.59 Å². The molecule has 0 radical (unpaired) electrons. The summed E-state index contributed by atoms with van der Waals surface area (Å²) in [6, 6.07) is 5.80. The standard InChI is InChI=1S/C23H34N4O2/c1-17-8-9-19(13-20(17)26-21(28)15-27-11-5-2-6-12-27)25-22(29)23-10-4-3-7-18(23)14-24-16-23/h8-9,13,18,24H,2-7,10-12,14-16H2,1H3,(H,25,29)(H,26,28)/t18-,23+/m0/s1. The SMILES string of the molecule is Cc1ccc(NC(=O)[C@@]23CCCC[C@H]2CNC3)cc1NC(=O)CN1CCCCC1. The number of anilines is 2. The summed E-state index contributed by atoms with van der Waals surface area (Å²) in [5.41, 5.74) is 2.28. The number of hydrogen-bond acceptors (Lipinski definition) is 4. The Labute approximate surface area is 173 Å². The normalized spacial score (nSPS) is 27.3. The molecular weight excluding hydrogens is 364 g/mol. The average molecular weight is 399 g/mol. The summed E-state index contributed by atoms with van der Waals surface area (Å²) < 4.78 is 0. The number of nitrogens with zero attached hydrogens (tertiary/aromatic N) is 1. The maximum Gasteiger partial charge on any atom is 0.238 e. The number of nitrogens with one attached hydrogen (secondary N) is 3. The van der Waals surface area contributed by atoms with E-state index in [1.165, 1.54) is 25.7 Å². The minimum absolute atomic E-state index is 0.0180. The second-order valence-corrected chi connectivity index (χ2v) is 9.10. The molecule has 6 heteroatoms.